The zero-order valence-electron chi connectivity index (χ0n) is 6.59. The maximum atomic E-state index is 10.7. The summed E-state index contributed by atoms with van der Waals surface area (Å²) in [5, 5.41) is 0. The smallest absolute Gasteiger partial charge is 0.409 e. The molecule has 0 aliphatic rings. The van der Waals surface area contributed by atoms with Crippen molar-refractivity contribution in [2.24, 2.45) is 0 Å². The fourth-order valence-corrected chi connectivity index (χ4v) is 0.341. The predicted octanol–water partition coefficient (Wildman–Crippen LogP) is 0.331. The van der Waals surface area contributed by atoms with Gasteiger partial charge in [0.1, 0.15) is 6.61 Å². The highest BCUT2D eigenvalue weighted by atomic mass is 16.6. The normalized spacial score (nSPS) is 9.10. The average Bonchev–Trinajstić information content (AvgIpc) is 1.88. The summed E-state index contributed by atoms with van der Waals surface area (Å²) >= 11 is 0. The maximum absolute atomic E-state index is 10.7. The molecule has 0 aromatic heterocycles. The first-order valence-corrected chi connectivity index (χ1v) is 3.01. The number of amides is 1. The lowest BCUT2D eigenvalue weighted by Crippen LogP contribution is -2.24. The summed E-state index contributed by atoms with van der Waals surface area (Å²) in [6.45, 7) is 0.757. The van der Waals surface area contributed by atoms with Crippen molar-refractivity contribution in [3.05, 3.63) is 0 Å². The lowest BCUT2D eigenvalue weighted by atomic mass is 10.8. The molecule has 0 N–H and O–H groups in total. The van der Waals surface area contributed by atoms with E-state index in [0.717, 1.165) is 0 Å². The van der Waals surface area contributed by atoms with Crippen molar-refractivity contribution < 1.29 is 14.3 Å². The van der Waals surface area contributed by atoms with E-state index in [0.29, 0.717) is 13.2 Å². The highest BCUT2D eigenvalue weighted by Crippen LogP contribution is 1.84. The Bertz CT molecular complexity index is 103. The number of ether oxygens (including phenoxy) is 2. The fraction of sp³-hybridized carbons (Fsp3) is 0.833. The van der Waals surface area contributed by atoms with Crippen LogP contribution in [-0.4, -0.2) is 45.4 Å². The molecule has 60 valence electrons. The molecular formula is C6H13NO3. The number of hydrogen-bond donors (Lipinski definition) is 0. The number of carbonyl (C=O) groups excluding carboxylic acids is 1. The van der Waals surface area contributed by atoms with E-state index in [1.807, 2.05) is 0 Å². The summed E-state index contributed by atoms with van der Waals surface area (Å²) in [5.41, 5.74) is 0. The van der Waals surface area contributed by atoms with Gasteiger partial charge in [-0.15, -0.1) is 0 Å². The predicted molar refractivity (Wildman–Crippen MR) is 36.9 cm³/mol. The van der Waals surface area contributed by atoms with Crippen LogP contribution in [0.1, 0.15) is 0 Å². The van der Waals surface area contributed by atoms with Gasteiger partial charge in [0.05, 0.1) is 6.61 Å². The summed E-state index contributed by atoms with van der Waals surface area (Å²) in [5.74, 6) is 0. The van der Waals surface area contributed by atoms with Gasteiger partial charge in [-0.2, -0.15) is 0 Å². The summed E-state index contributed by atoms with van der Waals surface area (Å²) in [7, 11) is 4.83. The Morgan fingerprint density at radius 2 is 2.00 bits per heavy atom. The third-order valence-corrected chi connectivity index (χ3v) is 0.878. The second-order valence-electron chi connectivity index (χ2n) is 2.00. The van der Waals surface area contributed by atoms with Crippen molar-refractivity contribution in [3.63, 3.8) is 0 Å². The van der Waals surface area contributed by atoms with Gasteiger partial charge in [0.25, 0.3) is 0 Å². The standard InChI is InChI=1S/C6H13NO3/c1-7(2)6(8)10-5-4-9-3/h4-5H2,1-3H3. The lowest BCUT2D eigenvalue weighted by molar-refractivity contribution is 0.0817. The molecule has 0 spiro atoms. The molecule has 0 fully saturated rings. The van der Waals surface area contributed by atoms with E-state index in [4.69, 9.17) is 4.74 Å². The monoisotopic (exact) mass is 147 g/mol. The van der Waals surface area contributed by atoms with Gasteiger partial charge in [0.15, 0.2) is 0 Å². The zero-order valence-corrected chi connectivity index (χ0v) is 6.59. The minimum Gasteiger partial charge on any atom is -0.447 e. The largest absolute Gasteiger partial charge is 0.447 e. The van der Waals surface area contributed by atoms with Crippen molar-refractivity contribution in [1.82, 2.24) is 4.90 Å². The Morgan fingerprint density at radius 1 is 1.40 bits per heavy atom. The maximum Gasteiger partial charge on any atom is 0.409 e. The van der Waals surface area contributed by atoms with E-state index in [1.165, 1.54) is 4.90 Å². The summed E-state index contributed by atoms with van der Waals surface area (Å²) in [6.07, 6.45) is -0.336. The first-order valence-electron chi connectivity index (χ1n) is 3.01. The molecule has 0 aliphatic heterocycles. The van der Waals surface area contributed by atoms with Gasteiger partial charge in [-0.05, 0) is 0 Å². The first-order chi connectivity index (χ1) is 4.68. The lowest BCUT2D eigenvalue weighted by Gasteiger charge is -2.09. The number of rotatable bonds is 3. The molecule has 0 heterocycles. The van der Waals surface area contributed by atoms with E-state index >= 15 is 0 Å². The number of carbonyl (C=O) groups is 1. The number of nitrogens with zero attached hydrogens (tertiary/aromatic N) is 1. The first kappa shape index (κ1) is 9.23. The average molecular weight is 147 g/mol. The van der Waals surface area contributed by atoms with Crippen molar-refractivity contribution in [2.75, 3.05) is 34.4 Å². The van der Waals surface area contributed by atoms with Crippen molar-refractivity contribution in [3.8, 4) is 0 Å². The van der Waals surface area contributed by atoms with E-state index in [-0.39, 0.29) is 6.09 Å². The SMILES string of the molecule is COCCOC(=O)N(C)C. The zero-order chi connectivity index (χ0) is 7.98. The minimum atomic E-state index is -0.336. The molecule has 1 amide bonds. The highest BCUT2D eigenvalue weighted by Gasteiger charge is 2.01. The fourth-order valence-electron chi connectivity index (χ4n) is 0.341. The quantitative estimate of drug-likeness (QED) is 0.540. The molecule has 10 heavy (non-hydrogen) atoms. The van der Waals surface area contributed by atoms with Crippen LogP contribution in [0.3, 0.4) is 0 Å². The molecule has 0 aromatic rings. The van der Waals surface area contributed by atoms with Crippen LogP contribution in [0.2, 0.25) is 0 Å². The molecule has 0 unspecified atom stereocenters. The van der Waals surface area contributed by atoms with Crippen LogP contribution in [0.5, 0.6) is 0 Å². The van der Waals surface area contributed by atoms with Crippen LogP contribution in [0.15, 0.2) is 0 Å². The number of hydrogen-bond acceptors (Lipinski definition) is 3. The third-order valence-electron chi connectivity index (χ3n) is 0.878. The Balaban J connectivity index is 3.22. The molecule has 0 aromatic carbocycles. The molecule has 0 bridgehead atoms. The van der Waals surface area contributed by atoms with E-state index in [9.17, 15) is 4.79 Å². The molecule has 0 aliphatic carbocycles. The Kier molecular flexibility index (Phi) is 4.66. The van der Waals surface area contributed by atoms with Crippen LogP contribution in [-0.2, 0) is 9.47 Å². The van der Waals surface area contributed by atoms with Crippen LogP contribution in [0.4, 0.5) is 4.79 Å². The molecular weight excluding hydrogens is 134 g/mol. The number of methoxy groups -OCH3 is 1. The molecule has 0 radical (unpaired) electrons. The highest BCUT2D eigenvalue weighted by molar-refractivity contribution is 5.66. The second kappa shape index (κ2) is 5.05. The van der Waals surface area contributed by atoms with Gasteiger partial charge >= 0.3 is 6.09 Å². The second-order valence-corrected chi connectivity index (χ2v) is 2.00. The molecule has 4 heteroatoms. The van der Waals surface area contributed by atoms with E-state index in [1.54, 1.807) is 21.2 Å². The van der Waals surface area contributed by atoms with Crippen LogP contribution >= 0.6 is 0 Å². The van der Waals surface area contributed by atoms with Crippen LogP contribution < -0.4 is 0 Å². The van der Waals surface area contributed by atoms with E-state index in [2.05, 4.69) is 4.74 Å². The van der Waals surface area contributed by atoms with Gasteiger partial charge < -0.3 is 14.4 Å². The Morgan fingerprint density at radius 3 is 2.40 bits per heavy atom. The molecule has 0 atom stereocenters. The van der Waals surface area contributed by atoms with Gasteiger partial charge in [0.2, 0.25) is 0 Å². The third kappa shape index (κ3) is 4.14. The van der Waals surface area contributed by atoms with Crippen LogP contribution in [0.25, 0.3) is 0 Å². The summed E-state index contributed by atoms with van der Waals surface area (Å²) in [6, 6.07) is 0. The Hall–Kier alpha value is -0.770. The van der Waals surface area contributed by atoms with Gasteiger partial charge in [-0.3, -0.25) is 0 Å². The molecule has 0 saturated carbocycles. The minimum absolute atomic E-state index is 0.313. The van der Waals surface area contributed by atoms with Gasteiger partial charge in [0, 0.05) is 21.2 Å². The topological polar surface area (TPSA) is 38.8 Å². The van der Waals surface area contributed by atoms with Crippen molar-refractivity contribution in [2.45, 2.75) is 0 Å². The van der Waals surface area contributed by atoms with Crippen molar-refractivity contribution >= 4 is 6.09 Å². The molecule has 0 saturated heterocycles. The molecule has 4 nitrogen and oxygen atoms in total. The van der Waals surface area contributed by atoms with E-state index < -0.39 is 0 Å². The Labute approximate surface area is 60.7 Å². The van der Waals surface area contributed by atoms with Crippen LogP contribution in [0, 0.1) is 0 Å². The summed E-state index contributed by atoms with van der Waals surface area (Å²) < 4.78 is 9.38. The van der Waals surface area contributed by atoms with Crippen molar-refractivity contribution in [1.29, 1.82) is 0 Å². The van der Waals surface area contributed by atoms with Gasteiger partial charge in [-0.1, -0.05) is 0 Å². The molecule has 0 rings (SSSR count). The van der Waals surface area contributed by atoms with Gasteiger partial charge in [-0.25, -0.2) is 4.79 Å². The summed E-state index contributed by atoms with van der Waals surface area (Å²) in [4.78, 5) is 12.0.